The minimum atomic E-state index is -3.65. The van der Waals surface area contributed by atoms with Gasteiger partial charge in [0.2, 0.25) is 10.0 Å². The lowest BCUT2D eigenvalue weighted by Crippen LogP contribution is -2.29. The van der Waals surface area contributed by atoms with E-state index < -0.39 is 10.0 Å². The summed E-state index contributed by atoms with van der Waals surface area (Å²) in [4.78, 5) is 2.57. The van der Waals surface area contributed by atoms with Crippen molar-refractivity contribution in [2.75, 3.05) is 20.2 Å². The molecule has 0 radical (unpaired) electrons. The fourth-order valence-corrected chi connectivity index (χ4v) is 4.66. The van der Waals surface area contributed by atoms with Gasteiger partial charge >= 0.3 is 0 Å². The van der Waals surface area contributed by atoms with Gasteiger partial charge in [0, 0.05) is 13.1 Å². The summed E-state index contributed by atoms with van der Waals surface area (Å²) in [6.45, 7) is 3.42. The monoisotopic (exact) mass is 408 g/mol. The van der Waals surface area contributed by atoms with Gasteiger partial charge in [0.1, 0.15) is 5.75 Å². The second kappa shape index (κ2) is 9.06. The Balaban J connectivity index is 1.65. The maximum absolute atomic E-state index is 12.5. The van der Waals surface area contributed by atoms with Gasteiger partial charge in [-0.2, -0.15) is 0 Å². The summed E-state index contributed by atoms with van der Waals surface area (Å²) in [7, 11) is -2.16. The molecule has 2 aromatic carbocycles. The van der Waals surface area contributed by atoms with Crippen LogP contribution in [0.2, 0.25) is 5.02 Å². The summed E-state index contributed by atoms with van der Waals surface area (Å²) < 4.78 is 32.8. The van der Waals surface area contributed by atoms with Crippen LogP contribution in [0.15, 0.2) is 47.4 Å². The number of likely N-dealkylation sites (tertiary alicyclic amines) is 1. The van der Waals surface area contributed by atoms with E-state index in [9.17, 15) is 8.42 Å². The number of nitrogens with zero attached hydrogens (tertiary/aromatic N) is 1. The van der Waals surface area contributed by atoms with Crippen molar-refractivity contribution in [1.29, 1.82) is 0 Å². The standard InChI is InChI=1S/C20H25ClN2O3S/c1-26-20-9-8-18(13-19(20)21)27(24,25)22-14-16-6-5-7-17(12-16)15-23-10-3-2-4-11-23/h5-9,12-13,22H,2-4,10-11,14-15H2,1H3. The van der Waals surface area contributed by atoms with E-state index in [1.807, 2.05) is 12.1 Å². The van der Waals surface area contributed by atoms with Crippen LogP contribution in [-0.4, -0.2) is 33.5 Å². The molecule has 146 valence electrons. The van der Waals surface area contributed by atoms with E-state index in [2.05, 4.69) is 21.8 Å². The molecule has 0 bridgehead atoms. The molecule has 1 saturated heterocycles. The van der Waals surface area contributed by atoms with Crippen LogP contribution in [-0.2, 0) is 23.1 Å². The molecule has 1 N–H and O–H groups in total. The van der Waals surface area contributed by atoms with Gasteiger partial charge in [0.15, 0.2) is 0 Å². The minimum absolute atomic E-state index is 0.123. The molecule has 0 spiro atoms. The van der Waals surface area contributed by atoms with E-state index in [0.717, 1.165) is 25.2 Å². The number of hydrogen-bond acceptors (Lipinski definition) is 4. The van der Waals surface area contributed by atoms with Crippen LogP contribution in [0.4, 0.5) is 0 Å². The summed E-state index contributed by atoms with van der Waals surface area (Å²) in [6.07, 6.45) is 3.82. The van der Waals surface area contributed by atoms with E-state index in [-0.39, 0.29) is 16.5 Å². The lowest BCUT2D eigenvalue weighted by Gasteiger charge is -2.26. The molecule has 0 amide bonds. The summed E-state index contributed by atoms with van der Waals surface area (Å²) in [5, 5.41) is 0.268. The van der Waals surface area contributed by atoms with Crippen LogP contribution < -0.4 is 9.46 Å². The fourth-order valence-electron chi connectivity index (χ4n) is 3.29. The van der Waals surface area contributed by atoms with Crippen molar-refractivity contribution in [3.05, 3.63) is 58.6 Å². The van der Waals surface area contributed by atoms with Gasteiger partial charge in [0.25, 0.3) is 0 Å². The number of sulfonamides is 1. The molecule has 0 atom stereocenters. The normalized spacial score (nSPS) is 15.6. The molecule has 3 rings (SSSR count). The zero-order valence-electron chi connectivity index (χ0n) is 15.4. The van der Waals surface area contributed by atoms with E-state index in [0.29, 0.717) is 5.75 Å². The average molecular weight is 409 g/mol. The molecule has 5 nitrogen and oxygen atoms in total. The van der Waals surface area contributed by atoms with Crippen molar-refractivity contribution in [3.8, 4) is 5.75 Å². The third-order valence-electron chi connectivity index (χ3n) is 4.75. The SMILES string of the molecule is COc1ccc(S(=O)(=O)NCc2cccc(CN3CCCCC3)c2)cc1Cl. The van der Waals surface area contributed by atoms with E-state index >= 15 is 0 Å². The summed E-state index contributed by atoms with van der Waals surface area (Å²) in [5.41, 5.74) is 2.15. The maximum Gasteiger partial charge on any atom is 0.240 e. The first-order valence-electron chi connectivity index (χ1n) is 9.11. The van der Waals surface area contributed by atoms with Crippen LogP contribution in [0.5, 0.6) is 5.75 Å². The molecule has 1 aliphatic rings. The van der Waals surface area contributed by atoms with Gasteiger partial charge in [-0.15, -0.1) is 0 Å². The molecule has 7 heteroatoms. The Hall–Kier alpha value is -1.60. The molecule has 2 aromatic rings. The Labute approximate surface area is 166 Å². The molecular formula is C20H25ClN2O3S. The minimum Gasteiger partial charge on any atom is -0.495 e. The van der Waals surface area contributed by atoms with Crippen molar-refractivity contribution in [3.63, 3.8) is 0 Å². The third kappa shape index (κ3) is 5.45. The number of halogens is 1. The van der Waals surface area contributed by atoms with Crippen molar-refractivity contribution in [2.24, 2.45) is 0 Å². The Morgan fingerprint density at radius 3 is 2.52 bits per heavy atom. The predicted octanol–water partition coefficient (Wildman–Crippen LogP) is 3.81. The molecule has 0 unspecified atom stereocenters. The zero-order chi connectivity index (χ0) is 19.3. The van der Waals surface area contributed by atoms with Gasteiger partial charge in [-0.3, -0.25) is 4.90 Å². The van der Waals surface area contributed by atoms with Crippen LogP contribution in [0.25, 0.3) is 0 Å². The third-order valence-corrected chi connectivity index (χ3v) is 6.44. The van der Waals surface area contributed by atoms with Crippen molar-refractivity contribution < 1.29 is 13.2 Å². The summed E-state index contributed by atoms with van der Waals surface area (Å²) in [6, 6.07) is 12.5. The Kier molecular flexibility index (Phi) is 6.76. The van der Waals surface area contributed by atoms with Gasteiger partial charge < -0.3 is 4.74 Å². The molecule has 1 aliphatic heterocycles. The highest BCUT2D eigenvalue weighted by Gasteiger charge is 2.16. The van der Waals surface area contributed by atoms with Gasteiger partial charge in [-0.05, 0) is 55.3 Å². The second-order valence-corrected chi connectivity index (χ2v) is 8.95. The van der Waals surface area contributed by atoms with E-state index in [1.165, 1.54) is 44.1 Å². The number of methoxy groups -OCH3 is 1. The van der Waals surface area contributed by atoms with Crippen molar-refractivity contribution >= 4 is 21.6 Å². The quantitative estimate of drug-likeness (QED) is 0.756. The predicted molar refractivity (Wildman–Crippen MR) is 108 cm³/mol. The molecular weight excluding hydrogens is 384 g/mol. The highest BCUT2D eigenvalue weighted by Crippen LogP contribution is 2.27. The average Bonchev–Trinajstić information content (AvgIpc) is 2.67. The maximum atomic E-state index is 12.5. The van der Waals surface area contributed by atoms with E-state index in [1.54, 1.807) is 6.07 Å². The highest BCUT2D eigenvalue weighted by molar-refractivity contribution is 7.89. The molecule has 0 aliphatic carbocycles. The number of benzene rings is 2. The Morgan fingerprint density at radius 1 is 1.07 bits per heavy atom. The molecule has 1 fully saturated rings. The van der Waals surface area contributed by atoms with E-state index in [4.69, 9.17) is 16.3 Å². The number of hydrogen-bond donors (Lipinski definition) is 1. The van der Waals surface area contributed by atoms with Crippen LogP contribution in [0, 0.1) is 0 Å². The van der Waals surface area contributed by atoms with Gasteiger partial charge in [-0.1, -0.05) is 42.3 Å². The largest absolute Gasteiger partial charge is 0.495 e. The first kappa shape index (κ1) is 20.1. The first-order valence-corrected chi connectivity index (χ1v) is 11.0. The second-order valence-electron chi connectivity index (χ2n) is 6.78. The molecule has 1 heterocycles. The first-order chi connectivity index (χ1) is 13.0. The van der Waals surface area contributed by atoms with Crippen LogP contribution >= 0.6 is 11.6 Å². The molecule has 27 heavy (non-hydrogen) atoms. The molecule has 0 saturated carbocycles. The zero-order valence-corrected chi connectivity index (χ0v) is 17.0. The number of piperidine rings is 1. The Morgan fingerprint density at radius 2 is 1.81 bits per heavy atom. The van der Waals surface area contributed by atoms with Gasteiger partial charge in [0.05, 0.1) is 17.0 Å². The lowest BCUT2D eigenvalue weighted by molar-refractivity contribution is 0.221. The van der Waals surface area contributed by atoms with Crippen molar-refractivity contribution in [2.45, 2.75) is 37.2 Å². The van der Waals surface area contributed by atoms with Gasteiger partial charge in [-0.25, -0.2) is 13.1 Å². The smallest absolute Gasteiger partial charge is 0.240 e. The summed E-state index contributed by atoms with van der Waals surface area (Å²) in [5.74, 6) is 0.445. The summed E-state index contributed by atoms with van der Waals surface area (Å²) >= 11 is 6.04. The van der Waals surface area contributed by atoms with Crippen molar-refractivity contribution in [1.82, 2.24) is 9.62 Å². The molecule has 0 aromatic heterocycles. The Bertz CT molecular complexity index is 881. The number of rotatable bonds is 7. The van der Waals surface area contributed by atoms with Crippen LogP contribution in [0.1, 0.15) is 30.4 Å². The fraction of sp³-hybridized carbons (Fsp3) is 0.400. The highest BCUT2D eigenvalue weighted by atomic mass is 35.5. The topological polar surface area (TPSA) is 58.6 Å². The van der Waals surface area contributed by atoms with Crippen LogP contribution in [0.3, 0.4) is 0 Å². The number of nitrogens with one attached hydrogen (secondary N) is 1. The number of ether oxygens (including phenoxy) is 1. The lowest BCUT2D eigenvalue weighted by atomic mass is 10.1.